The summed E-state index contributed by atoms with van der Waals surface area (Å²) < 4.78 is 0.778. The van der Waals surface area contributed by atoms with Crippen molar-refractivity contribution in [3.63, 3.8) is 0 Å². The van der Waals surface area contributed by atoms with Crippen LogP contribution in [0.1, 0.15) is 10.7 Å². The van der Waals surface area contributed by atoms with Crippen molar-refractivity contribution >= 4 is 40.6 Å². The van der Waals surface area contributed by atoms with Gasteiger partial charge in [0, 0.05) is 10.6 Å². The maximum Gasteiger partial charge on any atom is 0.230 e. The Morgan fingerprint density at radius 2 is 2.44 bits per heavy atom. The molecule has 0 atom stereocenters. The predicted molar refractivity (Wildman–Crippen MR) is 73.7 cm³/mol. The first-order chi connectivity index (χ1) is 8.74. The van der Waals surface area contributed by atoms with Gasteiger partial charge in [0.2, 0.25) is 5.91 Å². The second-order valence-corrected chi connectivity index (χ2v) is 6.19. The number of hydrogen-bond acceptors (Lipinski definition) is 5. The Morgan fingerprint density at radius 3 is 3.11 bits per heavy atom. The third-order valence-corrected chi connectivity index (χ3v) is 4.42. The van der Waals surface area contributed by atoms with Crippen LogP contribution in [-0.4, -0.2) is 26.8 Å². The number of thioether (sulfide) groups is 1. The van der Waals surface area contributed by atoms with Crippen LogP contribution in [-0.2, 0) is 17.1 Å². The van der Waals surface area contributed by atoms with Gasteiger partial charge in [-0.15, -0.1) is 23.1 Å². The molecule has 2 aromatic rings. The summed E-state index contributed by atoms with van der Waals surface area (Å²) in [5, 5.41) is 9.14. The fourth-order valence-electron chi connectivity index (χ4n) is 1.22. The van der Waals surface area contributed by atoms with E-state index in [9.17, 15) is 4.79 Å². The Bertz CT molecular complexity index is 500. The standard InChI is InChI=1S/C10H11ClN4OS2/c11-8-2-1-7(18-8)4-17-5-10(16)12-3-9-13-6-14-15-9/h1-2,6H,3-5H2,(H,12,16)(H,13,14,15). The summed E-state index contributed by atoms with van der Waals surface area (Å²) in [5.41, 5.74) is 0. The summed E-state index contributed by atoms with van der Waals surface area (Å²) in [6, 6.07) is 3.85. The van der Waals surface area contributed by atoms with E-state index in [0.717, 1.165) is 10.1 Å². The van der Waals surface area contributed by atoms with Gasteiger partial charge in [0.15, 0.2) is 0 Å². The molecule has 0 bridgehead atoms. The van der Waals surface area contributed by atoms with Gasteiger partial charge >= 0.3 is 0 Å². The van der Waals surface area contributed by atoms with Crippen molar-refractivity contribution in [1.29, 1.82) is 0 Å². The van der Waals surface area contributed by atoms with Crippen molar-refractivity contribution in [1.82, 2.24) is 20.5 Å². The first kappa shape index (κ1) is 13.4. The molecule has 0 saturated carbocycles. The maximum atomic E-state index is 11.5. The van der Waals surface area contributed by atoms with Crippen molar-refractivity contribution in [2.24, 2.45) is 0 Å². The molecule has 2 N–H and O–H groups in total. The summed E-state index contributed by atoms with van der Waals surface area (Å²) in [6.45, 7) is 0.379. The van der Waals surface area contributed by atoms with Crippen LogP contribution in [0.15, 0.2) is 18.5 Å². The number of amides is 1. The minimum Gasteiger partial charge on any atom is -0.348 e. The highest BCUT2D eigenvalue weighted by Gasteiger charge is 2.04. The van der Waals surface area contributed by atoms with Gasteiger partial charge in [-0.05, 0) is 12.1 Å². The van der Waals surface area contributed by atoms with Crippen LogP contribution >= 0.6 is 34.7 Å². The van der Waals surface area contributed by atoms with Gasteiger partial charge in [-0.1, -0.05) is 11.6 Å². The van der Waals surface area contributed by atoms with Gasteiger partial charge in [0.1, 0.15) is 12.2 Å². The molecule has 96 valence electrons. The molecule has 2 rings (SSSR count). The average Bonchev–Trinajstić information content (AvgIpc) is 2.98. The van der Waals surface area contributed by atoms with Gasteiger partial charge in [0.25, 0.3) is 0 Å². The number of aromatic nitrogens is 3. The minimum atomic E-state index is -0.0148. The normalized spacial score (nSPS) is 10.5. The van der Waals surface area contributed by atoms with Crippen LogP contribution in [0.5, 0.6) is 0 Å². The number of carbonyl (C=O) groups is 1. The summed E-state index contributed by atoms with van der Waals surface area (Å²) in [6.07, 6.45) is 1.41. The lowest BCUT2D eigenvalue weighted by molar-refractivity contribution is -0.118. The molecule has 0 saturated heterocycles. The average molecular weight is 303 g/mol. The number of carbonyl (C=O) groups excluding carboxylic acids is 1. The molecular formula is C10H11ClN4OS2. The molecule has 0 aromatic carbocycles. The Morgan fingerprint density at radius 1 is 1.56 bits per heavy atom. The third kappa shape index (κ3) is 4.32. The largest absolute Gasteiger partial charge is 0.348 e. The smallest absolute Gasteiger partial charge is 0.230 e. The number of nitrogens with zero attached hydrogens (tertiary/aromatic N) is 2. The predicted octanol–water partition coefficient (Wildman–Crippen LogP) is 2.07. The van der Waals surface area contributed by atoms with Gasteiger partial charge in [-0.25, -0.2) is 4.98 Å². The molecular weight excluding hydrogens is 292 g/mol. The van der Waals surface area contributed by atoms with E-state index in [1.54, 1.807) is 23.1 Å². The Hall–Kier alpha value is -1.05. The van der Waals surface area contributed by atoms with Crippen molar-refractivity contribution in [3.8, 4) is 0 Å². The molecule has 5 nitrogen and oxygen atoms in total. The number of hydrogen-bond donors (Lipinski definition) is 2. The van der Waals surface area contributed by atoms with E-state index >= 15 is 0 Å². The molecule has 2 heterocycles. The highest BCUT2D eigenvalue weighted by molar-refractivity contribution is 7.99. The topological polar surface area (TPSA) is 70.7 Å². The van der Waals surface area contributed by atoms with Crippen LogP contribution in [0.25, 0.3) is 0 Å². The number of aromatic amines is 1. The van der Waals surface area contributed by atoms with Crippen LogP contribution in [0.4, 0.5) is 0 Å². The number of rotatable bonds is 6. The molecule has 0 fully saturated rings. The van der Waals surface area contributed by atoms with Crippen LogP contribution in [0.2, 0.25) is 4.34 Å². The molecule has 2 aromatic heterocycles. The van der Waals surface area contributed by atoms with Gasteiger partial charge in [-0.3, -0.25) is 9.89 Å². The van der Waals surface area contributed by atoms with Crippen LogP contribution in [0.3, 0.4) is 0 Å². The number of thiophene rings is 1. The lowest BCUT2D eigenvalue weighted by atomic mass is 10.5. The first-order valence-corrected chi connectivity index (χ1v) is 7.52. The molecule has 8 heteroatoms. The Kier molecular flexibility index (Phi) is 5.03. The molecule has 0 unspecified atom stereocenters. The number of nitrogens with one attached hydrogen (secondary N) is 2. The van der Waals surface area contributed by atoms with Crippen molar-refractivity contribution < 1.29 is 4.79 Å². The zero-order valence-electron chi connectivity index (χ0n) is 9.35. The summed E-state index contributed by atoms with van der Waals surface area (Å²) in [5.74, 6) is 1.86. The van der Waals surface area contributed by atoms with Crippen molar-refractivity contribution in [3.05, 3.63) is 33.5 Å². The minimum absolute atomic E-state index is 0.0148. The first-order valence-electron chi connectivity index (χ1n) is 5.17. The molecule has 0 aliphatic heterocycles. The molecule has 18 heavy (non-hydrogen) atoms. The van der Waals surface area contributed by atoms with E-state index in [4.69, 9.17) is 11.6 Å². The van der Waals surface area contributed by atoms with Crippen LogP contribution in [0, 0.1) is 0 Å². The van der Waals surface area contributed by atoms with E-state index in [2.05, 4.69) is 20.5 Å². The fourth-order valence-corrected chi connectivity index (χ4v) is 3.28. The third-order valence-electron chi connectivity index (χ3n) is 2.02. The lowest BCUT2D eigenvalue weighted by Gasteiger charge is -2.02. The van der Waals surface area contributed by atoms with Crippen molar-refractivity contribution in [2.45, 2.75) is 12.3 Å². The number of halogens is 1. The van der Waals surface area contributed by atoms with Gasteiger partial charge in [-0.2, -0.15) is 5.10 Å². The van der Waals surface area contributed by atoms with E-state index in [0.29, 0.717) is 18.1 Å². The molecule has 0 spiro atoms. The molecule has 0 aliphatic carbocycles. The van der Waals surface area contributed by atoms with E-state index < -0.39 is 0 Å². The fraction of sp³-hybridized carbons (Fsp3) is 0.300. The second-order valence-electron chi connectivity index (χ2n) is 3.41. The van der Waals surface area contributed by atoms with Gasteiger partial charge < -0.3 is 5.32 Å². The monoisotopic (exact) mass is 302 g/mol. The van der Waals surface area contributed by atoms with E-state index in [1.807, 2.05) is 12.1 Å². The molecule has 1 amide bonds. The zero-order valence-corrected chi connectivity index (χ0v) is 11.7. The van der Waals surface area contributed by atoms with E-state index in [1.165, 1.54) is 11.2 Å². The summed E-state index contributed by atoms with van der Waals surface area (Å²) >= 11 is 8.92. The SMILES string of the molecule is O=C(CSCc1ccc(Cl)s1)NCc1ncn[nH]1. The number of H-pyrrole nitrogens is 1. The van der Waals surface area contributed by atoms with Crippen molar-refractivity contribution in [2.75, 3.05) is 5.75 Å². The summed E-state index contributed by atoms with van der Waals surface area (Å²) in [4.78, 5) is 16.6. The van der Waals surface area contributed by atoms with E-state index in [-0.39, 0.29) is 5.91 Å². The highest BCUT2D eigenvalue weighted by Crippen LogP contribution is 2.24. The zero-order chi connectivity index (χ0) is 12.8. The highest BCUT2D eigenvalue weighted by atomic mass is 35.5. The molecule has 0 radical (unpaired) electrons. The Labute approximate surface area is 117 Å². The lowest BCUT2D eigenvalue weighted by Crippen LogP contribution is -2.25. The van der Waals surface area contributed by atoms with Gasteiger partial charge in [0.05, 0.1) is 16.6 Å². The molecule has 0 aliphatic rings. The maximum absolute atomic E-state index is 11.5. The van der Waals surface area contributed by atoms with Crippen LogP contribution < -0.4 is 5.32 Å². The quantitative estimate of drug-likeness (QED) is 0.857. The Balaban J connectivity index is 1.63. The summed E-state index contributed by atoms with van der Waals surface area (Å²) in [7, 11) is 0. The second kappa shape index (κ2) is 6.77.